The summed E-state index contributed by atoms with van der Waals surface area (Å²) in [5, 5.41) is 14.9. The maximum Gasteiger partial charge on any atom is 0.294 e. The minimum atomic E-state index is -0.436. The van der Waals surface area contributed by atoms with Crippen LogP contribution in [0, 0.1) is 24.0 Å². The molecule has 0 atom stereocenters. The lowest BCUT2D eigenvalue weighted by atomic mass is 10.1. The molecule has 0 bridgehead atoms. The van der Waals surface area contributed by atoms with Crippen LogP contribution in [-0.2, 0) is 0 Å². The van der Waals surface area contributed by atoms with E-state index in [0.717, 1.165) is 11.1 Å². The fraction of sp³-hybridized carbons (Fsp3) is 0.133. The van der Waals surface area contributed by atoms with Crippen LogP contribution in [0.4, 0.5) is 11.4 Å². The quantitative estimate of drug-likeness (QED) is 0.523. The molecule has 0 saturated heterocycles. The maximum atomic E-state index is 10.9. The Morgan fingerprint density at radius 3 is 2.65 bits per heavy atom. The first-order valence-electron chi connectivity index (χ1n) is 6.17. The number of nitrogens with zero attached hydrogens (tertiary/aromatic N) is 2. The highest BCUT2D eigenvalue weighted by Gasteiger charge is 2.10. The molecule has 2 aromatic carbocycles. The van der Waals surface area contributed by atoms with E-state index in [9.17, 15) is 10.1 Å². The van der Waals surface area contributed by atoms with E-state index in [1.165, 1.54) is 11.6 Å². The summed E-state index contributed by atoms with van der Waals surface area (Å²) < 4.78 is 0. The van der Waals surface area contributed by atoms with Gasteiger partial charge in [0.1, 0.15) is 5.69 Å². The normalized spacial score (nSPS) is 10.7. The summed E-state index contributed by atoms with van der Waals surface area (Å²) in [7, 11) is 0. The van der Waals surface area contributed by atoms with Crippen molar-refractivity contribution in [1.82, 2.24) is 0 Å². The average Bonchev–Trinajstić information content (AvgIpc) is 2.41. The lowest BCUT2D eigenvalue weighted by molar-refractivity contribution is -0.384. The van der Waals surface area contributed by atoms with Gasteiger partial charge in [0.15, 0.2) is 0 Å². The average molecular weight is 269 g/mol. The number of rotatable bonds is 4. The van der Waals surface area contributed by atoms with E-state index in [2.05, 4.69) is 16.6 Å². The van der Waals surface area contributed by atoms with Crippen molar-refractivity contribution >= 4 is 17.6 Å². The third-order valence-corrected chi connectivity index (χ3v) is 2.91. The predicted octanol–water partition coefficient (Wildman–Crippen LogP) is 3.66. The van der Waals surface area contributed by atoms with Gasteiger partial charge in [0.25, 0.3) is 5.69 Å². The van der Waals surface area contributed by atoms with Crippen molar-refractivity contribution in [3.8, 4) is 0 Å². The molecule has 20 heavy (non-hydrogen) atoms. The number of nitro benzene ring substituents is 1. The molecule has 0 fully saturated rings. The summed E-state index contributed by atoms with van der Waals surface area (Å²) >= 11 is 0. The van der Waals surface area contributed by atoms with Crippen molar-refractivity contribution in [3.05, 3.63) is 69.3 Å². The topological polar surface area (TPSA) is 67.5 Å². The van der Waals surface area contributed by atoms with Crippen LogP contribution in [0.5, 0.6) is 0 Å². The molecule has 0 aromatic heterocycles. The van der Waals surface area contributed by atoms with Crippen LogP contribution in [-0.4, -0.2) is 11.1 Å². The second-order valence-electron chi connectivity index (χ2n) is 4.50. The van der Waals surface area contributed by atoms with Gasteiger partial charge in [-0.2, -0.15) is 5.10 Å². The van der Waals surface area contributed by atoms with Crippen molar-refractivity contribution in [2.45, 2.75) is 13.8 Å². The van der Waals surface area contributed by atoms with Gasteiger partial charge in [0, 0.05) is 6.07 Å². The minimum Gasteiger partial charge on any atom is -0.272 e. The molecule has 2 aromatic rings. The third-order valence-electron chi connectivity index (χ3n) is 2.91. The SMILES string of the molecule is Cc1ccc(/C=N/Nc2ccccc2[N+](=O)[O-])c(C)c1. The molecule has 0 aliphatic rings. The standard InChI is InChI=1S/C15H15N3O2/c1-11-7-8-13(12(2)9-11)10-16-17-14-5-3-4-6-15(14)18(19)20/h3-10,17H,1-2H3/b16-10+. The number of anilines is 1. The van der Waals surface area contributed by atoms with E-state index in [-0.39, 0.29) is 5.69 Å². The van der Waals surface area contributed by atoms with E-state index >= 15 is 0 Å². The van der Waals surface area contributed by atoms with Gasteiger partial charge in [-0.15, -0.1) is 0 Å². The molecule has 1 N–H and O–H groups in total. The van der Waals surface area contributed by atoms with Crippen molar-refractivity contribution in [2.24, 2.45) is 5.10 Å². The molecular formula is C15H15N3O2. The van der Waals surface area contributed by atoms with E-state index in [1.807, 2.05) is 26.0 Å². The van der Waals surface area contributed by atoms with Crippen LogP contribution >= 0.6 is 0 Å². The van der Waals surface area contributed by atoms with Gasteiger partial charge < -0.3 is 0 Å². The molecule has 0 spiro atoms. The highest BCUT2D eigenvalue weighted by molar-refractivity contribution is 5.82. The summed E-state index contributed by atoms with van der Waals surface area (Å²) in [6, 6.07) is 12.4. The Morgan fingerprint density at radius 2 is 1.95 bits per heavy atom. The van der Waals surface area contributed by atoms with Crippen LogP contribution in [0.25, 0.3) is 0 Å². The molecule has 5 heteroatoms. The maximum absolute atomic E-state index is 10.9. The zero-order valence-corrected chi connectivity index (χ0v) is 11.3. The second-order valence-corrected chi connectivity index (χ2v) is 4.50. The van der Waals surface area contributed by atoms with Gasteiger partial charge in [-0.05, 0) is 31.0 Å². The number of aryl methyl sites for hydroxylation is 2. The number of hydrogen-bond acceptors (Lipinski definition) is 4. The summed E-state index contributed by atoms with van der Waals surface area (Å²) in [5.74, 6) is 0. The Balaban J connectivity index is 2.16. The summed E-state index contributed by atoms with van der Waals surface area (Å²) in [6.07, 6.45) is 1.66. The fourth-order valence-electron chi connectivity index (χ4n) is 1.87. The van der Waals surface area contributed by atoms with E-state index in [1.54, 1.807) is 24.4 Å². The number of nitro groups is 1. The van der Waals surface area contributed by atoms with Crippen LogP contribution in [0.1, 0.15) is 16.7 Å². The number of benzene rings is 2. The molecule has 5 nitrogen and oxygen atoms in total. The monoisotopic (exact) mass is 269 g/mol. The zero-order chi connectivity index (χ0) is 14.5. The Kier molecular flexibility index (Phi) is 4.10. The first kappa shape index (κ1) is 13.7. The van der Waals surface area contributed by atoms with E-state index in [4.69, 9.17) is 0 Å². The Bertz CT molecular complexity index is 666. The third kappa shape index (κ3) is 3.20. The second kappa shape index (κ2) is 5.97. The largest absolute Gasteiger partial charge is 0.294 e. The molecule has 0 aliphatic carbocycles. The lowest BCUT2D eigenvalue weighted by Crippen LogP contribution is -1.97. The van der Waals surface area contributed by atoms with E-state index < -0.39 is 4.92 Å². The molecule has 0 aliphatic heterocycles. The fourth-order valence-corrected chi connectivity index (χ4v) is 1.87. The molecule has 0 radical (unpaired) electrons. The van der Waals surface area contributed by atoms with Crippen molar-refractivity contribution in [3.63, 3.8) is 0 Å². The van der Waals surface area contributed by atoms with Crippen LogP contribution in [0.2, 0.25) is 0 Å². The van der Waals surface area contributed by atoms with Gasteiger partial charge in [-0.1, -0.05) is 35.9 Å². The molecule has 102 valence electrons. The van der Waals surface area contributed by atoms with Crippen LogP contribution in [0.15, 0.2) is 47.6 Å². The van der Waals surface area contributed by atoms with Crippen molar-refractivity contribution < 1.29 is 4.92 Å². The zero-order valence-electron chi connectivity index (χ0n) is 11.3. The summed E-state index contributed by atoms with van der Waals surface area (Å²) in [5.41, 5.74) is 6.36. The van der Waals surface area contributed by atoms with Crippen molar-refractivity contribution in [1.29, 1.82) is 0 Å². The first-order valence-corrected chi connectivity index (χ1v) is 6.17. The van der Waals surface area contributed by atoms with Gasteiger partial charge in [-0.25, -0.2) is 0 Å². The lowest BCUT2D eigenvalue weighted by Gasteiger charge is -2.03. The summed E-state index contributed by atoms with van der Waals surface area (Å²) in [6.45, 7) is 4.03. The molecule has 2 rings (SSSR count). The Labute approximate surface area is 117 Å². The number of hydrogen-bond donors (Lipinski definition) is 1. The molecule has 0 saturated carbocycles. The number of hydrazone groups is 1. The first-order chi connectivity index (χ1) is 9.58. The smallest absolute Gasteiger partial charge is 0.272 e. The van der Waals surface area contributed by atoms with Crippen LogP contribution < -0.4 is 5.43 Å². The summed E-state index contributed by atoms with van der Waals surface area (Å²) in [4.78, 5) is 10.4. The van der Waals surface area contributed by atoms with Crippen LogP contribution in [0.3, 0.4) is 0 Å². The molecule has 0 amide bonds. The molecule has 0 unspecified atom stereocenters. The highest BCUT2D eigenvalue weighted by Crippen LogP contribution is 2.22. The predicted molar refractivity (Wildman–Crippen MR) is 80.2 cm³/mol. The van der Waals surface area contributed by atoms with Gasteiger partial charge in [0.05, 0.1) is 11.1 Å². The van der Waals surface area contributed by atoms with Gasteiger partial charge in [-0.3, -0.25) is 15.5 Å². The van der Waals surface area contributed by atoms with Crippen molar-refractivity contribution in [2.75, 3.05) is 5.43 Å². The number of nitrogens with one attached hydrogen (secondary N) is 1. The molecular weight excluding hydrogens is 254 g/mol. The van der Waals surface area contributed by atoms with Gasteiger partial charge in [0.2, 0.25) is 0 Å². The number of para-hydroxylation sites is 2. The van der Waals surface area contributed by atoms with E-state index in [0.29, 0.717) is 5.69 Å². The Hall–Kier alpha value is -2.69. The minimum absolute atomic E-state index is 0.00489. The highest BCUT2D eigenvalue weighted by atomic mass is 16.6. The van der Waals surface area contributed by atoms with Gasteiger partial charge >= 0.3 is 0 Å². The molecule has 0 heterocycles. The Morgan fingerprint density at radius 1 is 1.20 bits per heavy atom.